The van der Waals surface area contributed by atoms with Crippen LogP contribution in [0.4, 0.5) is 13.2 Å². The van der Waals surface area contributed by atoms with Gasteiger partial charge in [-0.2, -0.15) is 13.2 Å². The lowest BCUT2D eigenvalue weighted by Crippen LogP contribution is -2.41. The third kappa shape index (κ3) is 4.98. The highest BCUT2D eigenvalue weighted by Crippen LogP contribution is 2.31. The molecule has 1 fully saturated rings. The average molecular weight is 450 g/mol. The molecule has 1 N–H and O–H groups in total. The molecule has 4 rings (SSSR count). The van der Waals surface area contributed by atoms with Crippen molar-refractivity contribution in [3.05, 3.63) is 47.5 Å². The smallest absolute Gasteiger partial charge is 0.416 e. The molecule has 0 spiro atoms. The fraction of sp³-hybridized carbons (Fsp3) is 0.429. The molecule has 2 aromatic heterocycles. The summed E-state index contributed by atoms with van der Waals surface area (Å²) in [5.41, 5.74) is -0.333. The van der Waals surface area contributed by atoms with Crippen LogP contribution >= 0.6 is 0 Å². The normalized spacial score (nSPS) is 19.1. The number of ether oxygens (including phenoxy) is 2. The molecule has 1 saturated heterocycles. The molecule has 0 radical (unpaired) electrons. The van der Waals surface area contributed by atoms with E-state index in [4.69, 9.17) is 13.9 Å². The van der Waals surface area contributed by atoms with Crippen LogP contribution in [-0.2, 0) is 10.9 Å². The number of carbonyl (C=O) groups excluding carboxylic acids is 1. The van der Waals surface area contributed by atoms with E-state index in [0.29, 0.717) is 36.2 Å². The summed E-state index contributed by atoms with van der Waals surface area (Å²) < 4.78 is 55.0. The number of benzene rings is 1. The van der Waals surface area contributed by atoms with Crippen molar-refractivity contribution in [2.75, 3.05) is 13.2 Å². The Morgan fingerprint density at radius 1 is 1.22 bits per heavy atom. The fourth-order valence-corrected chi connectivity index (χ4v) is 3.35. The Morgan fingerprint density at radius 2 is 2.06 bits per heavy atom. The Balaban J connectivity index is 1.34. The van der Waals surface area contributed by atoms with E-state index in [-0.39, 0.29) is 30.5 Å². The van der Waals surface area contributed by atoms with Crippen LogP contribution in [0.25, 0.3) is 10.9 Å². The Bertz CT molecular complexity index is 1090. The Morgan fingerprint density at radius 3 is 2.78 bits per heavy atom. The lowest BCUT2D eigenvalue weighted by Gasteiger charge is -2.27. The van der Waals surface area contributed by atoms with Gasteiger partial charge in [-0.05, 0) is 43.5 Å². The quantitative estimate of drug-likeness (QED) is 0.604. The molecular formula is C21H21F3N4O4. The van der Waals surface area contributed by atoms with Gasteiger partial charge in [0.25, 0.3) is 5.91 Å². The molecular weight excluding hydrogens is 429 g/mol. The van der Waals surface area contributed by atoms with Gasteiger partial charge >= 0.3 is 12.3 Å². The van der Waals surface area contributed by atoms with Gasteiger partial charge in [0, 0.05) is 5.39 Å². The molecule has 0 bridgehead atoms. The number of hydrogen-bond donors (Lipinski definition) is 1. The molecule has 11 heteroatoms. The Hall–Kier alpha value is -3.21. The second-order valence-electron chi connectivity index (χ2n) is 7.43. The van der Waals surface area contributed by atoms with Crippen molar-refractivity contribution in [1.29, 1.82) is 0 Å². The van der Waals surface area contributed by atoms with Gasteiger partial charge in [-0.1, -0.05) is 18.1 Å². The lowest BCUT2D eigenvalue weighted by molar-refractivity contribution is -0.137. The van der Waals surface area contributed by atoms with Gasteiger partial charge in [-0.3, -0.25) is 4.79 Å². The number of halogens is 3. The predicted octanol–water partition coefficient (Wildman–Crippen LogP) is 4.08. The number of nitrogens with one attached hydrogen (secondary N) is 1. The van der Waals surface area contributed by atoms with Crippen LogP contribution in [0.1, 0.15) is 54.2 Å². The minimum atomic E-state index is -4.44. The summed E-state index contributed by atoms with van der Waals surface area (Å²) in [6, 6.07) is 5.82. The molecule has 2 atom stereocenters. The van der Waals surface area contributed by atoms with Crippen molar-refractivity contribution in [2.45, 2.75) is 44.5 Å². The summed E-state index contributed by atoms with van der Waals surface area (Å²) in [5.74, 6) is -0.0952. The van der Waals surface area contributed by atoms with Crippen molar-refractivity contribution in [1.82, 2.24) is 20.5 Å². The number of carbonyl (C=O) groups is 1. The molecule has 3 heterocycles. The maximum atomic E-state index is 12.9. The zero-order valence-electron chi connectivity index (χ0n) is 17.2. The first kappa shape index (κ1) is 22.0. The number of rotatable bonds is 6. The van der Waals surface area contributed by atoms with E-state index in [9.17, 15) is 18.0 Å². The van der Waals surface area contributed by atoms with E-state index in [1.165, 1.54) is 18.2 Å². The second kappa shape index (κ2) is 9.11. The van der Waals surface area contributed by atoms with E-state index in [2.05, 4.69) is 20.5 Å². The van der Waals surface area contributed by atoms with Crippen molar-refractivity contribution >= 4 is 16.8 Å². The number of hydrogen-bond acceptors (Lipinski definition) is 7. The monoisotopic (exact) mass is 450 g/mol. The highest BCUT2D eigenvalue weighted by Gasteiger charge is 2.31. The van der Waals surface area contributed by atoms with Crippen LogP contribution in [0.2, 0.25) is 0 Å². The van der Waals surface area contributed by atoms with E-state index < -0.39 is 17.6 Å². The van der Waals surface area contributed by atoms with Crippen LogP contribution < -0.4 is 10.1 Å². The zero-order valence-corrected chi connectivity index (χ0v) is 17.2. The molecule has 1 amide bonds. The summed E-state index contributed by atoms with van der Waals surface area (Å²) in [4.78, 5) is 16.8. The minimum absolute atomic E-state index is 0.102. The van der Waals surface area contributed by atoms with Crippen LogP contribution in [0.15, 0.2) is 34.7 Å². The Kier molecular flexibility index (Phi) is 6.26. The lowest BCUT2D eigenvalue weighted by atomic mass is 10.0. The van der Waals surface area contributed by atoms with E-state index >= 15 is 0 Å². The number of amides is 1. The van der Waals surface area contributed by atoms with Crippen LogP contribution in [0.5, 0.6) is 6.08 Å². The summed E-state index contributed by atoms with van der Waals surface area (Å²) in [5, 5.41) is 10.9. The van der Waals surface area contributed by atoms with Crippen LogP contribution in [0.3, 0.4) is 0 Å². The third-order valence-electron chi connectivity index (χ3n) is 4.99. The van der Waals surface area contributed by atoms with Gasteiger partial charge in [-0.15, -0.1) is 5.10 Å². The summed E-state index contributed by atoms with van der Waals surface area (Å²) in [6.45, 7) is 2.69. The van der Waals surface area contributed by atoms with Gasteiger partial charge in [0.1, 0.15) is 11.8 Å². The molecule has 8 nitrogen and oxygen atoms in total. The maximum Gasteiger partial charge on any atom is 0.416 e. The number of fused-ring (bicyclic) bond motifs is 1. The van der Waals surface area contributed by atoms with Gasteiger partial charge in [-0.25, -0.2) is 4.98 Å². The standard InChI is InChI=1S/C21H21F3N4O4/c1-2-9-30-20-28-27-19(32-20)17-8-5-14(11-31-17)25-18(29)16-6-3-12-10-13(21(22,23)24)4-7-15(12)26-16/h3-4,6-7,10,14,17H,2,5,8-9,11H2,1H3,(H,25,29)/t14-,17+/m0/s1. The summed E-state index contributed by atoms with van der Waals surface area (Å²) >= 11 is 0. The summed E-state index contributed by atoms with van der Waals surface area (Å²) in [7, 11) is 0. The van der Waals surface area contributed by atoms with E-state index in [1.807, 2.05) is 6.92 Å². The minimum Gasteiger partial charge on any atom is -0.449 e. The maximum absolute atomic E-state index is 12.9. The molecule has 0 aliphatic carbocycles. The van der Waals surface area contributed by atoms with Crippen molar-refractivity contribution in [2.24, 2.45) is 0 Å². The van der Waals surface area contributed by atoms with Crippen molar-refractivity contribution in [3.8, 4) is 6.08 Å². The largest absolute Gasteiger partial charge is 0.449 e. The molecule has 1 aliphatic rings. The molecule has 0 unspecified atom stereocenters. The average Bonchev–Trinajstić information content (AvgIpc) is 3.26. The molecule has 0 saturated carbocycles. The topological polar surface area (TPSA) is 99.4 Å². The van der Waals surface area contributed by atoms with Crippen LogP contribution in [-0.4, -0.2) is 40.3 Å². The predicted molar refractivity (Wildman–Crippen MR) is 106 cm³/mol. The zero-order chi connectivity index (χ0) is 22.7. The number of nitrogens with zero attached hydrogens (tertiary/aromatic N) is 3. The van der Waals surface area contributed by atoms with Crippen molar-refractivity contribution < 1.29 is 31.9 Å². The van der Waals surface area contributed by atoms with Gasteiger partial charge in [0.2, 0.25) is 5.89 Å². The first-order valence-electron chi connectivity index (χ1n) is 10.2. The molecule has 1 aromatic carbocycles. The molecule has 170 valence electrons. The van der Waals surface area contributed by atoms with Crippen molar-refractivity contribution in [3.63, 3.8) is 0 Å². The molecule has 3 aromatic rings. The Labute approximate surface area is 181 Å². The number of aromatic nitrogens is 3. The first-order valence-corrected chi connectivity index (χ1v) is 10.2. The molecule has 32 heavy (non-hydrogen) atoms. The first-order chi connectivity index (χ1) is 15.3. The van der Waals surface area contributed by atoms with E-state index in [1.54, 1.807) is 0 Å². The number of alkyl halides is 3. The SMILES string of the molecule is CCCOc1nnc([C@H]2CC[C@H](NC(=O)c3ccc4cc(C(F)(F)F)ccc4n3)CO2)o1. The third-order valence-corrected chi connectivity index (χ3v) is 4.99. The number of pyridine rings is 1. The highest BCUT2D eigenvalue weighted by molar-refractivity contribution is 5.95. The fourth-order valence-electron chi connectivity index (χ4n) is 3.35. The van der Waals surface area contributed by atoms with Gasteiger partial charge in [0.15, 0.2) is 0 Å². The molecule has 1 aliphatic heterocycles. The second-order valence-corrected chi connectivity index (χ2v) is 7.43. The van der Waals surface area contributed by atoms with Crippen LogP contribution in [0, 0.1) is 0 Å². The van der Waals surface area contributed by atoms with Gasteiger partial charge < -0.3 is 19.2 Å². The van der Waals surface area contributed by atoms with Gasteiger partial charge in [0.05, 0.1) is 30.3 Å². The highest BCUT2D eigenvalue weighted by atomic mass is 19.4. The summed E-state index contributed by atoms with van der Waals surface area (Å²) in [6.07, 6.45) is -2.71. The van der Waals surface area contributed by atoms with E-state index in [0.717, 1.165) is 18.6 Å².